The molecule has 25 heavy (non-hydrogen) atoms. The lowest BCUT2D eigenvalue weighted by Gasteiger charge is -2.13. The average molecular weight is 415 g/mol. The summed E-state index contributed by atoms with van der Waals surface area (Å²) < 4.78 is 0. The standard InChI is InChI=1S/C17H10Cl3NO3S/c18-11-3-2-10(12(19)7-11)8-21-16(23)15(25-17(21)24)6-9-1-4-14(22)13(20)5-9/h1-7,22H,8H2/b15-6-. The predicted octanol–water partition coefficient (Wildman–Crippen LogP) is 5.59. The molecule has 1 saturated heterocycles. The molecule has 0 saturated carbocycles. The lowest BCUT2D eigenvalue weighted by molar-refractivity contribution is -0.123. The lowest BCUT2D eigenvalue weighted by atomic mass is 10.2. The second-order valence-corrected chi connectivity index (χ2v) is 7.46. The van der Waals surface area contributed by atoms with Crippen molar-refractivity contribution in [1.82, 2.24) is 4.90 Å². The van der Waals surface area contributed by atoms with Gasteiger partial charge in [0.2, 0.25) is 0 Å². The minimum absolute atomic E-state index is 0.0516. The maximum Gasteiger partial charge on any atom is 0.293 e. The van der Waals surface area contributed by atoms with Crippen LogP contribution >= 0.6 is 46.6 Å². The van der Waals surface area contributed by atoms with Crippen LogP contribution in [0, 0.1) is 0 Å². The third kappa shape index (κ3) is 3.96. The number of hydrogen-bond donors (Lipinski definition) is 1. The number of benzene rings is 2. The van der Waals surface area contributed by atoms with Crippen molar-refractivity contribution in [2.45, 2.75) is 6.54 Å². The Labute approximate surface area is 163 Å². The fraction of sp³-hybridized carbons (Fsp3) is 0.0588. The van der Waals surface area contributed by atoms with Gasteiger partial charge < -0.3 is 5.11 Å². The van der Waals surface area contributed by atoms with Gasteiger partial charge >= 0.3 is 0 Å². The zero-order valence-corrected chi connectivity index (χ0v) is 15.6. The molecule has 0 atom stereocenters. The van der Waals surface area contributed by atoms with Gasteiger partial charge in [0.1, 0.15) is 5.75 Å². The van der Waals surface area contributed by atoms with Gasteiger partial charge in [0, 0.05) is 10.0 Å². The van der Waals surface area contributed by atoms with E-state index in [4.69, 9.17) is 34.8 Å². The van der Waals surface area contributed by atoms with E-state index in [0.29, 0.717) is 21.2 Å². The third-order valence-corrected chi connectivity index (χ3v) is 5.28. The van der Waals surface area contributed by atoms with Crippen molar-refractivity contribution in [1.29, 1.82) is 0 Å². The van der Waals surface area contributed by atoms with E-state index >= 15 is 0 Å². The average Bonchev–Trinajstić information content (AvgIpc) is 2.81. The van der Waals surface area contributed by atoms with E-state index in [0.717, 1.165) is 16.7 Å². The van der Waals surface area contributed by atoms with Crippen LogP contribution in [0.5, 0.6) is 5.75 Å². The van der Waals surface area contributed by atoms with Crippen LogP contribution in [0.15, 0.2) is 41.3 Å². The number of aromatic hydroxyl groups is 1. The number of phenols is 1. The van der Waals surface area contributed by atoms with Crippen molar-refractivity contribution in [3.63, 3.8) is 0 Å². The molecule has 1 fully saturated rings. The maximum atomic E-state index is 12.5. The quantitative estimate of drug-likeness (QED) is 0.665. The fourth-order valence-corrected chi connectivity index (χ4v) is 3.72. The molecule has 8 heteroatoms. The SMILES string of the molecule is O=C1S/C(=C\c2ccc(O)c(Cl)c2)C(=O)N1Cc1ccc(Cl)cc1Cl. The first kappa shape index (κ1) is 18.1. The number of amides is 2. The summed E-state index contributed by atoms with van der Waals surface area (Å²) in [5.74, 6) is -0.463. The highest BCUT2D eigenvalue weighted by Gasteiger charge is 2.35. The Morgan fingerprint density at radius 3 is 2.48 bits per heavy atom. The largest absolute Gasteiger partial charge is 0.506 e. The highest BCUT2D eigenvalue weighted by Crippen LogP contribution is 2.35. The van der Waals surface area contributed by atoms with Crippen molar-refractivity contribution in [3.8, 4) is 5.75 Å². The van der Waals surface area contributed by atoms with Crippen LogP contribution in [-0.4, -0.2) is 21.2 Å². The number of hydrogen-bond acceptors (Lipinski definition) is 4. The summed E-state index contributed by atoms with van der Waals surface area (Å²) in [6, 6.07) is 9.43. The molecular formula is C17H10Cl3NO3S. The first-order valence-corrected chi connectivity index (χ1v) is 8.98. The van der Waals surface area contributed by atoms with Crippen LogP contribution in [0.1, 0.15) is 11.1 Å². The van der Waals surface area contributed by atoms with Crippen molar-refractivity contribution < 1.29 is 14.7 Å². The number of thioether (sulfide) groups is 1. The van der Waals surface area contributed by atoms with Crippen molar-refractivity contribution in [2.75, 3.05) is 0 Å². The minimum Gasteiger partial charge on any atom is -0.506 e. The molecule has 0 bridgehead atoms. The summed E-state index contributed by atoms with van der Waals surface area (Å²) in [4.78, 5) is 26.1. The number of imide groups is 1. The van der Waals surface area contributed by atoms with E-state index in [9.17, 15) is 14.7 Å². The molecule has 4 nitrogen and oxygen atoms in total. The van der Waals surface area contributed by atoms with E-state index < -0.39 is 5.91 Å². The summed E-state index contributed by atoms with van der Waals surface area (Å²) >= 11 is 18.7. The summed E-state index contributed by atoms with van der Waals surface area (Å²) in [5, 5.41) is 10.1. The molecule has 2 amide bonds. The van der Waals surface area contributed by atoms with Crippen LogP contribution in [0.25, 0.3) is 6.08 Å². The Morgan fingerprint density at radius 2 is 1.80 bits per heavy atom. The molecule has 3 rings (SSSR count). The maximum absolute atomic E-state index is 12.5. The van der Waals surface area contributed by atoms with Crippen LogP contribution in [0.4, 0.5) is 4.79 Å². The molecule has 0 spiro atoms. The lowest BCUT2D eigenvalue weighted by Crippen LogP contribution is -2.27. The van der Waals surface area contributed by atoms with Gasteiger partial charge in [-0.15, -0.1) is 0 Å². The third-order valence-electron chi connectivity index (χ3n) is 3.49. The summed E-state index contributed by atoms with van der Waals surface area (Å²) in [7, 11) is 0. The summed E-state index contributed by atoms with van der Waals surface area (Å²) in [5.41, 5.74) is 1.24. The fourth-order valence-electron chi connectivity index (χ4n) is 2.22. The molecule has 0 unspecified atom stereocenters. The number of carbonyl (C=O) groups is 2. The zero-order valence-electron chi connectivity index (χ0n) is 12.5. The second-order valence-electron chi connectivity index (χ2n) is 5.21. The van der Waals surface area contributed by atoms with Crippen molar-refractivity contribution in [3.05, 3.63) is 67.5 Å². The molecule has 2 aromatic rings. The Morgan fingerprint density at radius 1 is 1.04 bits per heavy atom. The molecule has 1 heterocycles. The summed E-state index contributed by atoms with van der Waals surface area (Å²) in [6.45, 7) is 0.0638. The van der Waals surface area contributed by atoms with Gasteiger partial charge in [-0.05, 0) is 53.2 Å². The minimum atomic E-state index is -0.412. The highest BCUT2D eigenvalue weighted by atomic mass is 35.5. The van der Waals surface area contributed by atoms with E-state index in [-0.39, 0.29) is 27.5 Å². The molecule has 0 aliphatic carbocycles. The molecule has 128 valence electrons. The van der Waals surface area contributed by atoms with Crippen molar-refractivity contribution >= 4 is 63.8 Å². The van der Waals surface area contributed by atoms with Crippen LogP contribution in [-0.2, 0) is 11.3 Å². The topological polar surface area (TPSA) is 57.6 Å². The Hall–Kier alpha value is -1.66. The first-order chi connectivity index (χ1) is 11.8. The monoisotopic (exact) mass is 413 g/mol. The van der Waals surface area contributed by atoms with E-state index in [1.165, 1.54) is 12.1 Å². The summed E-state index contributed by atoms with van der Waals surface area (Å²) in [6.07, 6.45) is 1.56. The van der Waals surface area contributed by atoms with Crippen molar-refractivity contribution in [2.24, 2.45) is 0 Å². The molecular weight excluding hydrogens is 405 g/mol. The normalized spacial score (nSPS) is 16.1. The Bertz CT molecular complexity index is 914. The van der Waals surface area contributed by atoms with Gasteiger partial charge in [0.25, 0.3) is 11.1 Å². The van der Waals surface area contributed by atoms with E-state index in [1.807, 2.05) is 0 Å². The Kier molecular flexibility index (Phi) is 5.29. The van der Waals surface area contributed by atoms with Crippen LogP contribution in [0.3, 0.4) is 0 Å². The molecule has 2 aromatic carbocycles. The highest BCUT2D eigenvalue weighted by molar-refractivity contribution is 8.18. The molecule has 1 N–H and O–H groups in total. The Balaban J connectivity index is 1.84. The van der Waals surface area contributed by atoms with Gasteiger partial charge in [-0.2, -0.15) is 0 Å². The van der Waals surface area contributed by atoms with Crippen LogP contribution in [0.2, 0.25) is 15.1 Å². The van der Waals surface area contributed by atoms with E-state index in [2.05, 4.69) is 0 Å². The second kappa shape index (κ2) is 7.30. The molecule has 0 aromatic heterocycles. The van der Waals surface area contributed by atoms with Gasteiger partial charge in [0.05, 0.1) is 16.5 Å². The number of nitrogens with zero attached hydrogens (tertiary/aromatic N) is 1. The molecule has 1 aliphatic rings. The number of rotatable bonds is 3. The van der Waals surface area contributed by atoms with Crippen LogP contribution < -0.4 is 0 Å². The number of halogens is 3. The van der Waals surface area contributed by atoms with Gasteiger partial charge in [-0.3, -0.25) is 14.5 Å². The van der Waals surface area contributed by atoms with E-state index in [1.54, 1.807) is 30.3 Å². The number of carbonyl (C=O) groups excluding carboxylic acids is 2. The smallest absolute Gasteiger partial charge is 0.293 e. The molecule has 1 aliphatic heterocycles. The molecule has 0 radical (unpaired) electrons. The van der Waals surface area contributed by atoms with Gasteiger partial charge in [-0.25, -0.2) is 0 Å². The van der Waals surface area contributed by atoms with Gasteiger partial charge in [0.15, 0.2) is 0 Å². The predicted molar refractivity (Wildman–Crippen MR) is 101 cm³/mol. The van der Waals surface area contributed by atoms with Gasteiger partial charge in [-0.1, -0.05) is 46.9 Å². The first-order valence-electron chi connectivity index (χ1n) is 7.03. The zero-order chi connectivity index (χ0) is 18.1. The number of phenolic OH excluding ortho intramolecular Hbond substituents is 1.